The highest BCUT2D eigenvalue weighted by molar-refractivity contribution is 6.12. The number of carbonyl (C=O) groups is 3. The molecule has 3 atom stereocenters. The van der Waals surface area contributed by atoms with Crippen LogP contribution in [0.3, 0.4) is 0 Å². The van der Waals surface area contributed by atoms with Crippen LogP contribution in [0.1, 0.15) is 63.9 Å². The van der Waals surface area contributed by atoms with Crippen LogP contribution in [0.5, 0.6) is 11.5 Å². The third kappa shape index (κ3) is 4.19. The number of dihydropyridines is 1. The summed E-state index contributed by atoms with van der Waals surface area (Å²) in [6, 6.07) is 5.43. The zero-order chi connectivity index (χ0) is 24.7. The Balaban J connectivity index is 1.59. The Bertz CT molecular complexity index is 1130. The zero-order valence-corrected chi connectivity index (χ0v) is 20.3. The molecule has 8 nitrogen and oxygen atoms in total. The van der Waals surface area contributed by atoms with Crippen molar-refractivity contribution in [1.82, 2.24) is 5.32 Å². The first kappa shape index (κ1) is 23.5. The van der Waals surface area contributed by atoms with Gasteiger partial charge in [0.25, 0.3) is 0 Å². The molecule has 1 aromatic rings. The molecule has 35 heavy (non-hydrogen) atoms. The van der Waals surface area contributed by atoms with Crippen molar-refractivity contribution in [2.75, 3.05) is 13.9 Å². The predicted molar refractivity (Wildman–Crippen MR) is 125 cm³/mol. The number of ketones is 1. The van der Waals surface area contributed by atoms with E-state index in [1.54, 1.807) is 6.07 Å². The van der Waals surface area contributed by atoms with Crippen LogP contribution in [0.4, 0.5) is 0 Å². The summed E-state index contributed by atoms with van der Waals surface area (Å²) in [5.41, 5.74) is 2.91. The molecule has 1 aromatic carbocycles. The first-order valence-corrected chi connectivity index (χ1v) is 12.3. The van der Waals surface area contributed by atoms with E-state index in [2.05, 4.69) is 5.32 Å². The van der Waals surface area contributed by atoms with E-state index in [0.717, 1.165) is 37.8 Å². The van der Waals surface area contributed by atoms with Crippen molar-refractivity contribution in [2.45, 2.75) is 64.4 Å². The summed E-state index contributed by atoms with van der Waals surface area (Å²) >= 11 is 0. The third-order valence-corrected chi connectivity index (χ3v) is 7.52. The molecule has 8 heteroatoms. The van der Waals surface area contributed by atoms with E-state index in [1.165, 1.54) is 7.11 Å². The highest BCUT2D eigenvalue weighted by Gasteiger charge is 2.47. The van der Waals surface area contributed by atoms with E-state index in [1.807, 2.05) is 26.0 Å². The van der Waals surface area contributed by atoms with Gasteiger partial charge in [0.2, 0.25) is 6.79 Å². The molecular weight excluding hydrogens is 450 g/mol. The van der Waals surface area contributed by atoms with Gasteiger partial charge in [-0.2, -0.15) is 0 Å². The summed E-state index contributed by atoms with van der Waals surface area (Å²) in [6.45, 7) is 3.82. The molecule has 4 aliphatic rings. The number of methoxy groups -OCH3 is 1. The first-order chi connectivity index (χ1) is 16.9. The van der Waals surface area contributed by atoms with Crippen LogP contribution in [0, 0.1) is 11.8 Å². The molecular formula is C27H31NO7. The van der Waals surface area contributed by atoms with E-state index < -0.39 is 23.8 Å². The number of Topliss-reactive ketones (excluding diaryl/α,β-unsaturated/α-hetero) is 1. The summed E-state index contributed by atoms with van der Waals surface area (Å²) in [4.78, 5) is 40.0. The van der Waals surface area contributed by atoms with Gasteiger partial charge in [-0.25, -0.2) is 4.79 Å². The average molecular weight is 482 g/mol. The number of nitrogens with one attached hydrogen (secondary N) is 1. The van der Waals surface area contributed by atoms with Crippen LogP contribution in [0.15, 0.2) is 40.7 Å². The molecule has 0 radical (unpaired) electrons. The van der Waals surface area contributed by atoms with Gasteiger partial charge in [-0.15, -0.1) is 0 Å². The molecule has 5 rings (SSSR count). The Kier molecular flexibility index (Phi) is 6.30. The minimum absolute atomic E-state index is 0.116. The monoisotopic (exact) mass is 481 g/mol. The van der Waals surface area contributed by atoms with Gasteiger partial charge in [0.15, 0.2) is 17.3 Å². The third-order valence-electron chi connectivity index (χ3n) is 7.52. The second-order valence-corrected chi connectivity index (χ2v) is 9.81. The van der Waals surface area contributed by atoms with Gasteiger partial charge in [-0.05, 0) is 62.6 Å². The van der Waals surface area contributed by atoms with E-state index in [9.17, 15) is 14.4 Å². The van der Waals surface area contributed by atoms with Crippen molar-refractivity contribution in [3.63, 3.8) is 0 Å². The Labute approximate surface area is 204 Å². The van der Waals surface area contributed by atoms with Crippen molar-refractivity contribution in [2.24, 2.45) is 11.8 Å². The van der Waals surface area contributed by atoms with E-state index in [-0.39, 0.29) is 24.6 Å². The number of benzene rings is 1. The Morgan fingerprint density at radius 1 is 1.09 bits per heavy atom. The number of rotatable bonds is 4. The topological polar surface area (TPSA) is 100 Å². The van der Waals surface area contributed by atoms with Crippen LogP contribution in [-0.4, -0.2) is 37.7 Å². The molecule has 0 amide bonds. The van der Waals surface area contributed by atoms with Gasteiger partial charge in [0.1, 0.15) is 12.0 Å². The van der Waals surface area contributed by atoms with Crippen molar-refractivity contribution in [3.05, 3.63) is 46.3 Å². The number of esters is 2. The lowest BCUT2D eigenvalue weighted by atomic mass is 9.69. The van der Waals surface area contributed by atoms with Crippen LogP contribution >= 0.6 is 0 Å². The lowest BCUT2D eigenvalue weighted by molar-refractivity contribution is -0.151. The van der Waals surface area contributed by atoms with Gasteiger partial charge in [0, 0.05) is 22.9 Å². The number of ether oxygens (including phenoxy) is 4. The number of carbonyl (C=O) groups excluding carboxylic acids is 3. The first-order valence-electron chi connectivity index (χ1n) is 12.3. The lowest BCUT2D eigenvalue weighted by Gasteiger charge is -2.38. The van der Waals surface area contributed by atoms with Crippen LogP contribution in [0.2, 0.25) is 0 Å². The molecule has 1 saturated carbocycles. The lowest BCUT2D eigenvalue weighted by Crippen LogP contribution is -2.43. The average Bonchev–Trinajstić information content (AvgIpc) is 3.31. The molecule has 0 unspecified atom stereocenters. The van der Waals surface area contributed by atoms with E-state index in [0.29, 0.717) is 40.3 Å². The van der Waals surface area contributed by atoms with Crippen molar-refractivity contribution in [1.29, 1.82) is 0 Å². The highest BCUT2D eigenvalue weighted by Crippen LogP contribution is 2.47. The largest absolute Gasteiger partial charge is 0.468 e. The van der Waals surface area contributed by atoms with Crippen LogP contribution in [0.25, 0.3) is 0 Å². The molecule has 2 aliphatic heterocycles. The number of allylic oxidation sites excluding steroid dienone is 3. The quantitative estimate of drug-likeness (QED) is 0.511. The number of hydrogen-bond acceptors (Lipinski definition) is 8. The Morgan fingerprint density at radius 3 is 2.57 bits per heavy atom. The van der Waals surface area contributed by atoms with E-state index in [4.69, 9.17) is 18.9 Å². The molecule has 0 spiro atoms. The summed E-state index contributed by atoms with van der Waals surface area (Å²) in [5.74, 6) is -2.00. The van der Waals surface area contributed by atoms with Crippen molar-refractivity contribution < 1.29 is 33.3 Å². The Hall–Kier alpha value is -3.29. The molecule has 2 aliphatic carbocycles. The maximum atomic E-state index is 13.8. The fourth-order valence-electron chi connectivity index (χ4n) is 5.77. The predicted octanol–water partition coefficient (Wildman–Crippen LogP) is 3.90. The number of fused-ring (bicyclic) bond motifs is 1. The molecule has 2 heterocycles. The molecule has 1 fully saturated rings. The Morgan fingerprint density at radius 2 is 1.83 bits per heavy atom. The summed E-state index contributed by atoms with van der Waals surface area (Å²) < 4.78 is 22.0. The second kappa shape index (κ2) is 9.40. The second-order valence-electron chi connectivity index (χ2n) is 9.81. The summed E-state index contributed by atoms with van der Waals surface area (Å²) in [7, 11) is 1.29. The molecule has 0 saturated heterocycles. The molecule has 1 N–H and O–H groups in total. The summed E-state index contributed by atoms with van der Waals surface area (Å²) in [5, 5.41) is 3.31. The normalized spacial score (nSPS) is 26.3. The van der Waals surface area contributed by atoms with Gasteiger partial charge in [-0.3, -0.25) is 9.59 Å². The van der Waals surface area contributed by atoms with Crippen LogP contribution < -0.4 is 14.8 Å². The molecule has 0 bridgehead atoms. The maximum Gasteiger partial charge on any atom is 0.337 e. The zero-order valence-electron chi connectivity index (χ0n) is 20.3. The van der Waals surface area contributed by atoms with Gasteiger partial charge in [0.05, 0.1) is 12.7 Å². The highest BCUT2D eigenvalue weighted by atomic mass is 16.7. The van der Waals surface area contributed by atoms with Gasteiger partial charge >= 0.3 is 11.9 Å². The summed E-state index contributed by atoms with van der Waals surface area (Å²) in [6.07, 6.45) is 5.26. The minimum Gasteiger partial charge on any atom is -0.468 e. The maximum absolute atomic E-state index is 13.8. The number of hydrogen-bond donors (Lipinski definition) is 1. The molecule has 0 aromatic heterocycles. The van der Waals surface area contributed by atoms with Gasteiger partial charge < -0.3 is 24.3 Å². The smallest absolute Gasteiger partial charge is 0.337 e. The standard InChI is InChI=1S/C27H31NO7/c1-14-11-18-24(25(29)21(14)26(30)32-3)23(16-9-10-19-20(12-16)34-13-33-19)22(15(2)28-18)27(31)35-17-7-5-4-6-8-17/h9-10,12,14,17,21,23,28H,4-8,11,13H2,1-3H3/t14-,21+,23+/m0/s1. The fourth-order valence-corrected chi connectivity index (χ4v) is 5.77. The molecule has 186 valence electrons. The van der Waals surface area contributed by atoms with Crippen molar-refractivity contribution in [3.8, 4) is 11.5 Å². The fraction of sp³-hybridized carbons (Fsp3) is 0.519. The van der Waals surface area contributed by atoms with Crippen molar-refractivity contribution >= 4 is 17.7 Å². The van der Waals surface area contributed by atoms with Gasteiger partial charge in [-0.1, -0.05) is 19.4 Å². The SMILES string of the molecule is COC(=O)[C@H]1C(=O)C2=C(C[C@@H]1C)NC(C)=C(C(=O)OC1CCCCC1)[C@H]2c1ccc2c(c1)OCO2. The van der Waals surface area contributed by atoms with E-state index >= 15 is 0 Å². The minimum atomic E-state index is -0.925. The van der Waals surface area contributed by atoms with Crippen LogP contribution in [-0.2, 0) is 23.9 Å².